The van der Waals surface area contributed by atoms with Gasteiger partial charge in [-0.2, -0.15) is 0 Å². The summed E-state index contributed by atoms with van der Waals surface area (Å²) < 4.78 is 12.9. The molecule has 0 bridgehead atoms. The van der Waals surface area contributed by atoms with Gasteiger partial charge in [0.1, 0.15) is 5.82 Å². The molecule has 1 amide bonds. The van der Waals surface area contributed by atoms with Crippen LogP contribution in [-0.2, 0) is 9.59 Å². The van der Waals surface area contributed by atoms with E-state index in [9.17, 15) is 23.9 Å². The van der Waals surface area contributed by atoms with Crippen molar-refractivity contribution in [3.8, 4) is 0 Å². The molecule has 1 saturated heterocycles. The number of rotatable bonds is 6. The first kappa shape index (κ1) is 18.1. The molecule has 1 fully saturated rings. The van der Waals surface area contributed by atoms with E-state index in [4.69, 9.17) is 0 Å². The van der Waals surface area contributed by atoms with E-state index in [0.29, 0.717) is 31.4 Å². The molecule has 1 aromatic rings. The molecule has 1 heterocycles. The number of hydrogen-bond acceptors (Lipinski definition) is 3. The monoisotopic (exact) mass is 335 g/mol. The predicted molar refractivity (Wildman–Crippen MR) is 86.1 cm³/mol. The van der Waals surface area contributed by atoms with Crippen LogP contribution >= 0.6 is 0 Å². The zero-order valence-corrected chi connectivity index (χ0v) is 13.8. The van der Waals surface area contributed by atoms with E-state index in [1.165, 1.54) is 24.3 Å². The van der Waals surface area contributed by atoms with E-state index in [2.05, 4.69) is 0 Å². The second-order valence-electron chi connectivity index (χ2n) is 6.29. The number of carboxylic acids is 1. The van der Waals surface area contributed by atoms with Gasteiger partial charge >= 0.3 is 5.97 Å². The number of benzene rings is 1. The van der Waals surface area contributed by atoms with Crippen LogP contribution in [-0.4, -0.2) is 40.8 Å². The van der Waals surface area contributed by atoms with E-state index in [0.717, 1.165) is 0 Å². The van der Waals surface area contributed by atoms with E-state index < -0.39 is 17.2 Å². The Bertz CT molecular complexity index is 628. The number of likely N-dealkylation sites (tertiary alicyclic amines) is 1. The highest BCUT2D eigenvalue weighted by Gasteiger charge is 2.41. The van der Waals surface area contributed by atoms with Gasteiger partial charge in [0.15, 0.2) is 5.78 Å². The van der Waals surface area contributed by atoms with Gasteiger partial charge in [0.05, 0.1) is 5.41 Å². The summed E-state index contributed by atoms with van der Waals surface area (Å²) in [5, 5.41) is 9.45. The molecule has 1 atom stereocenters. The number of carboxylic acid groups (broad SMARTS) is 1. The molecule has 1 aliphatic heterocycles. The Morgan fingerprint density at radius 1 is 1.21 bits per heavy atom. The van der Waals surface area contributed by atoms with E-state index in [-0.39, 0.29) is 31.1 Å². The molecule has 1 aromatic carbocycles. The molecule has 130 valence electrons. The average molecular weight is 335 g/mol. The Morgan fingerprint density at radius 3 is 2.46 bits per heavy atom. The standard InChI is InChI=1S/C18H22FNO4/c1-2-18(17(23)24)10-3-11-20(12-18)16(22)9-8-15(21)13-4-6-14(19)7-5-13/h4-7H,2-3,8-12H2,1H3,(H,23,24). The molecule has 0 aromatic heterocycles. The van der Waals surface area contributed by atoms with Crippen LogP contribution in [0.15, 0.2) is 24.3 Å². The van der Waals surface area contributed by atoms with Crippen molar-refractivity contribution in [1.82, 2.24) is 4.90 Å². The number of piperidine rings is 1. The third-order valence-electron chi connectivity index (χ3n) is 4.79. The lowest BCUT2D eigenvalue weighted by atomic mass is 9.77. The summed E-state index contributed by atoms with van der Waals surface area (Å²) in [6, 6.07) is 5.22. The normalized spacial score (nSPS) is 20.7. The van der Waals surface area contributed by atoms with Gasteiger partial charge in [0.2, 0.25) is 5.91 Å². The minimum atomic E-state index is -0.880. The molecule has 0 saturated carbocycles. The minimum Gasteiger partial charge on any atom is -0.481 e. The van der Waals surface area contributed by atoms with Gasteiger partial charge in [-0.15, -0.1) is 0 Å². The molecule has 24 heavy (non-hydrogen) atoms. The van der Waals surface area contributed by atoms with E-state index in [1.807, 2.05) is 6.92 Å². The second kappa shape index (κ2) is 7.55. The SMILES string of the molecule is CCC1(C(=O)O)CCCN(C(=O)CCC(=O)c2ccc(F)cc2)C1. The van der Waals surface area contributed by atoms with Gasteiger partial charge in [-0.25, -0.2) is 4.39 Å². The van der Waals surface area contributed by atoms with Crippen molar-refractivity contribution < 1.29 is 23.9 Å². The lowest BCUT2D eigenvalue weighted by Crippen LogP contribution is -2.49. The first-order valence-electron chi connectivity index (χ1n) is 8.18. The molecule has 1 aliphatic rings. The highest BCUT2D eigenvalue weighted by molar-refractivity contribution is 5.98. The number of Topliss-reactive ketones (excluding diaryl/α,β-unsaturated/α-hetero) is 1. The summed E-state index contributed by atoms with van der Waals surface area (Å²) in [5.74, 6) is -1.71. The van der Waals surface area contributed by atoms with Gasteiger partial charge in [-0.1, -0.05) is 6.92 Å². The third kappa shape index (κ3) is 3.99. The summed E-state index contributed by atoms with van der Waals surface area (Å²) in [6.07, 6.45) is 1.76. The average Bonchev–Trinajstić information content (AvgIpc) is 2.59. The summed E-state index contributed by atoms with van der Waals surface area (Å²) in [6.45, 7) is 2.54. The molecule has 1 unspecified atom stereocenters. The van der Waals surface area contributed by atoms with Gasteiger partial charge in [-0.3, -0.25) is 14.4 Å². The zero-order valence-electron chi connectivity index (χ0n) is 13.8. The molecule has 0 aliphatic carbocycles. The predicted octanol–water partition coefficient (Wildman–Crippen LogP) is 2.89. The fourth-order valence-corrected chi connectivity index (χ4v) is 3.12. The van der Waals surface area contributed by atoms with Crippen molar-refractivity contribution in [2.75, 3.05) is 13.1 Å². The number of carbonyl (C=O) groups is 3. The van der Waals surface area contributed by atoms with Crippen molar-refractivity contribution in [2.45, 2.75) is 39.0 Å². The lowest BCUT2D eigenvalue weighted by molar-refractivity contribution is -0.155. The van der Waals surface area contributed by atoms with Crippen molar-refractivity contribution in [3.05, 3.63) is 35.6 Å². The summed E-state index contributed by atoms with van der Waals surface area (Å²) in [7, 11) is 0. The molecular formula is C18H22FNO4. The zero-order chi connectivity index (χ0) is 17.7. The van der Waals surface area contributed by atoms with E-state index >= 15 is 0 Å². The van der Waals surface area contributed by atoms with Crippen LogP contribution in [0.5, 0.6) is 0 Å². The number of ketones is 1. The Kier molecular flexibility index (Phi) is 5.70. The van der Waals surface area contributed by atoms with Crippen LogP contribution in [0.1, 0.15) is 49.4 Å². The van der Waals surface area contributed by atoms with Gasteiger partial charge < -0.3 is 10.0 Å². The molecule has 1 N–H and O–H groups in total. The molecular weight excluding hydrogens is 313 g/mol. The Labute approximate surface area is 140 Å². The Hall–Kier alpha value is -2.24. The van der Waals surface area contributed by atoms with Crippen LogP contribution < -0.4 is 0 Å². The highest BCUT2D eigenvalue weighted by Crippen LogP contribution is 2.34. The third-order valence-corrected chi connectivity index (χ3v) is 4.79. The first-order valence-corrected chi connectivity index (χ1v) is 8.18. The number of carbonyl (C=O) groups excluding carboxylic acids is 2. The number of hydrogen-bond donors (Lipinski definition) is 1. The molecule has 0 spiro atoms. The van der Waals surface area contributed by atoms with Crippen LogP contribution in [0, 0.1) is 11.2 Å². The fraction of sp³-hybridized carbons (Fsp3) is 0.500. The molecule has 2 rings (SSSR count). The van der Waals surface area contributed by atoms with Crippen molar-refractivity contribution in [1.29, 1.82) is 0 Å². The lowest BCUT2D eigenvalue weighted by Gasteiger charge is -2.39. The topological polar surface area (TPSA) is 74.7 Å². The highest BCUT2D eigenvalue weighted by atomic mass is 19.1. The van der Waals surface area contributed by atoms with Crippen molar-refractivity contribution in [3.63, 3.8) is 0 Å². The number of aliphatic carboxylic acids is 1. The van der Waals surface area contributed by atoms with Crippen LogP contribution in [0.3, 0.4) is 0 Å². The van der Waals surface area contributed by atoms with E-state index in [1.54, 1.807) is 4.90 Å². The van der Waals surface area contributed by atoms with Crippen molar-refractivity contribution in [2.24, 2.45) is 5.41 Å². The van der Waals surface area contributed by atoms with Crippen molar-refractivity contribution >= 4 is 17.7 Å². The largest absolute Gasteiger partial charge is 0.481 e. The van der Waals surface area contributed by atoms with Crippen LogP contribution in [0.4, 0.5) is 4.39 Å². The summed E-state index contributed by atoms with van der Waals surface area (Å²) in [5.41, 5.74) is -0.509. The van der Waals surface area contributed by atoms with Crippen LogP contribution in [0.2, 0.25) is 0 Å². The Morgan fingerprint density at radius 2 is 1.88 bits per heavy atom. The number of amides is 1. The smallest absolute Gasteiger partial charge is 0.311 e. The maximum absolute atomic E-state index is 12.9. The van der Waals surface area contributed by atoms with Gasteiger partial charge in [0, 0.05) is 31.5 Å². The maximum atomic E-state index is 12.9. The first-order chi connectivity index (χ1) is 11.4. The molecule has 6 heteroatoms. The number of nitrogens with zero attached hydrogens (tertiary/aromatic N) is 1. The van der Waals surface area contributed by atoms with Gasteiger partial charge in [-0.05, 0) is 43.5 Å². The minimum absolute atomic E-state index is 0.0349. The maximum Gasteiger partial charge on any atom is 0.311 e. The molecule has 5 nitrogen and oxygen atoms in total. The van der Waals surface area contributed by atoms with Gasteiger partial charge in [0.25, 0.3) is 0 Å². The summed E-state index contributed by atoms with van der Waals surface area (Å²) >= 11 is 0. The fourth-order valence-electron chi connectivity index (χ4n) is 3.12. The number of halogens is 1. The van der Waals surface area contributed by atoms with Crippen LogP contribution in [0.25, 0.3) is 0 Å². The summed E-state index contributed by atoms with van der Waals surface area (Å²) in [4.78, 5) is 37.5. The second-order valence-corrected chi connectivity index (χ2v) is 6.29. The molecule has 0 radical (unpaired) electrons. The Balaban J connectivity index is 1.93. The quantitative estimate of drug-likeness (QED) is 0.811.